The lowest BCUT2D eigenvalue weighted by molar-refractivity contribution is -0.113. The summed E-state index contributed by atoms with van der Waals surface area (Å²) in [7, 11) is 2.69. The van der Waals surface area contributed by atoms with Crippen LogP contribution in [0.4, 0.5) is 11.4 Å². The summed E-state index contributed by atoms with van der Waals surface area (Å²) in [4.78, 5) is 42.1. The molecule has 2 N–H and O–H groups in total. The van der Waals surface area contributed by atoms with Crippen LogP contribution >= 0.6 is 11.8 Å². The van der Waals surface area contributed by atoms with E-state index in [4.69, 9.17) is 0 Å². The molecule has 3 aromatic rings. The van der Waals surface area contributed by atoms with E-state index in [0.29, 0.717) is 11.4 Å². The summed E-state index contributed by atoms with van der Waals surface area (Å²) in [5.74, 6) is -0.844. The topological polar surface area (TPSA) is 106 Å². The van der Waals surface area contributed by atoms with Gasteiger partial charge in [-0.15, -0.1) is 0 Å². The Balaban J connectivity index is 1.97. The van der Waals surface area contributed by atoms with E-state index in [9.17, 15) is 19.5 Å². The first-order valence-electron chi connectivity index (χ1n) is 10.4. The summed E-state index contributed by atoms with van der Waals surface area (Å²) in [6.07, 6.45) is 0.868. The molecule has 9 heteroatoms. The SMILES string of the molecule is CCc1ccc(N=C(SCC(=O)Nc2ccc(C)cc2)c2c(O)n(C)c(=O)n(C)c2=O)cc1. The molecule has 0 aliphatic rings. The first-order chi connectivity index (χ1) is 15.7. The number of hydrogen-bond donors (Lipinski definition) is 2. The van der Waals surface area contributed by atoms with Crippen LogP contribution in [0.25, 0.3) is 0 Å². The third kappa shape index (κ3) is 5.61. The van der Waals surface area contributed by atoms with Gasteiger partial charge in [0.15, 0.2) is 0 Å². The maximum atomic E-state index is 12.9. The minimum atomic E-state index is -0.689. The van der Waals surface area contributed by atoms with Gasteiger partial charge in [0.25, 0.3) is 5.56 Å². The summed E-state index contributed by atoms with van der Waals surface area (Å²) < 4.78 is 1.87. The van der Waals surface area contributed by atoms with Crippen molar-refractivity contribution in [2.24, 2.45) is 19.1 Å². The number of nitrogens with one attached hydrogen (secondary N) is 1. The Kier molecular flexibility index (Phi) is 7.55. The minimum absolute atomic E-state index is 0.0504. The van der Waals surface area contributed by atoms with Crippen LogP contribution in [0.3, 0.4) is 0 Å². The molecule has 0 saturated carbocycles. The van der Waals surface area contributed by atoms with Crippen molar-refractivity contribution in [3.63, 3.8) is 0 Å². The quantitative estimate of drug-likeness (QED) is 0.429. The molecular formula is C24H26N4O4S. The highest BCUT2D eigenvalue weighted by molar-refractivity contribution is 8.15. The van der Waals surface area contributed by atoms with Crippen LogP contribution in [0.1, 0.15) is 23.6 Å². The van der Waals surface area contributed by atoms with Crippen molar-refractivity contribution in [2.45, 2.75) is 20.3 Å². The van der Waals surface area contributed by atoms with Crippen molar-refractivity contribution in [1.82, 2.24) is 9.13 Å². The Morgan fingerprint density at radius 3 is 2.27 bits per heavy atom. The van der Waals surface area contributed by atoms with Gasteiger partial charge < -0.3 is 10.4 Å². The van der Waals surface area contributed by atoms with Crippen molar-refractivity contribution in [3.8, 4) is 5.88 Å². The van der Waals surface area contributed by atoms with Crippen LogP contribution in [0, 0.1) is 6.92 Å². The Hall–Kier alpha value is -3.59. The minimum Gasteiger partial charge on any atom is -0.494 e. The van der Waals surface area contributed by atoms with E-state index in [-0.39, 0.29) is 22.3 Å². The van der Waals surface area contributed by atoms with Gasteiger partial charge in [-0.1, -0.05) is 48.5 Å². The van der Waals surface area contributed by atoms with E-state index in [1.165, 1.54) is 14.1 Å². The monoisotopic (exact) mass is 466 g/mol. The molecule has 2 aromatic carbocycles. The zero-order valence-corrected chi connectivity index (χ0v) is 19.8. The summed E-state index contributed by atoms with van der Waals surface area (Å²) in [5.41, 5.74) is 1.94. The van der Waals surface area contributed by atoms with Gasteiger partial charge in [0.1, 0.15) is 10.6 Å². The number of aliphatic imine (C=N–C) groups is 1. The molecule has 0 unspecified atom stereocenters. The number of aryl methyl sites for hydroxylation is 2. The number of carbonyl (C=O) groups is 1. The second kappa shape index (κ2) is 10.4. The summed E-state index contributed by atoms with van der Waals surface area (Å²) >= 11 is 1.01. The number of carbonyl (C=O) groups excluding carboxylic acids is 1. The molecule has 1 heterocycles. The van der Waals surface area contributed by atoms with Gasteiger partial charge in [-0.05, 0) is 43.2 Å². The number of benzene rings is 2. The lowest BCUT2D eigenvalue weighted by atomic mass is 10.1. The van der Waals surface area contributed by atoms with Crippen LogP contribution < -0.4 is 16.6 Å². The average Bonchev–Trinajstić information content (AvgIpc) is 2.82. The lowest BCUT2D eigenvalue weighted by Crippen LogP contribution is -2.39. The van der Waals surface area contributed by atoms with Gasteiger partial charge in [0, 0.05) is 19.8 Å². The predicted molar refractivity (Wildman–Crippen MR) is 133 cm³/mol. The first kappa shape index (κ1) is 24.1. The molecule has 0 fully saturated rings. The molecule has 33 heavy (non-hydrogen) atoms. The van der Waals surface area contributed by atoms with Crippen LogP contribution in [0.5, 0.6) is 5.88 Å². The molecule has 8 nitrogen and oxygen atoms in total. The lowest BCUT2D eigenvalue weighted by Gasteiger charge is -2.13. The summed E-state index contributed by atoms with van der Waals surface area (Å²) in [6, 6.07) is 14.8. The zero-order valence-electron chi connectivity index (χ0n) is 19.0. The molecule has 0 radical (unpaired) electrons. The molecular weight excluding hydrogens is 440 g/mol. The van der Waals surface area contributed by atoms with E-state index in [2.05, 4.69) is 10.3 Å². The standard InChI is InChI=1S/C24H26N4O4S/c1-5-16-8-12-18(13-9-16)26-21(20-22(30)27(3)24(32)28(4)23(20)31)33-14-19(29)25-17-10-6-15(2)7-11-17/h6-13,30H,5,14H2,1-4H3,(H,25,29). The summed E-state index contributed by atoms with van der Waals surface area (Å²) in [6.45, 7) is 4.00. The Bertz CT molecular complexity index is 1310. The molecule has 3 rings (SSSR count). The van der Waals surface area contributed by atoms with Crippen molar-refractivity contribution in [3.05, 3.63) is 86.1 Å². The fourth-order valence-corrected chi connectivity index (χ4v) is 3.91. The van der Waals surface area contributed by atoms with Gasteiger partial charge in [0.2, 0.25) is 11.8 Å². The van der Waals surface area contributed by atoms with E-state index in [1.807, 2.05) is 38.1 Å². The smallest absolute Gasteiger partial charge is 0.333 e. The highest BCUT2D eigenvalue weighted by Crippen LogP contribution is 2.24. The molecule has 0 aliphatic heterocycles. The largest absolute Gasteiger partial charge is 0.494 e. The molecule has 0 aliphatic carbocycles. The fourth-order valence-electron chi connectivity index (χ4n) is 3.07. The Labute approximate surface area is 195 Å². The Morgan fingerprint density at radius 1 is 1.03 bits per heavy atom. The molecule has 0 atom stereocenters. The van der Waals surface area contributed by atoms with E-state index < -0.39 is 17.1 Å². The number of amides is 1. The van der Waals surface area contributed by atoms with Crippen LogP contribution in [-0.2, 0) is 25.3 Å². The average molecular weight is 467 g/mol. The Morgan fingerprint density at radius 2 is 1.67 bits per heavy atom. The molecule has 0 saturated heterocycles. The third-order valence-electron chi connectivity index (χ3n) is 5.10. The van der Waals surface area contributed by atoms with Crippen LogP contribution in [-0.4, -0.2) is 30.9 Å². The van der Waals surface area contributed by atoms with Crippen molar-refractivity contribution < 1.29 is 9.90 Å². The normalized spacial score (nSPS) is 11.5. The number of thioether (sulfide) groups is 1. The van der Waals surface area contributed by atoms with Gasteiger partial charge >= 0.3 is 5.69 Å². The molecule has 0 bridgehead atoms. The number of aromatic nitrogens is 2. The zero-order chi connectivity index (χ0) is 24.1. The van der Waals surface area contributed by atoms with Gasteiger partial charge in [-0.25, -0.2) is 9.79 Å². The van der Waals surface area contributed by atoms with Crippen molar-refractivity contribution >= 4 is 34.1 Å². The third-order valence-corrected chi connectivity index (χ3v) is 6.07. The van der Waals surface area contributed by atoms with E-state index >= 15 is 0 Å². The molecule has 1 amide bonds. The van der Waals surface area contributed by atoms with E-state index in [1.54, 1.807) is 24.3 Å². The predicted octanol–water partition coefficient (Wildman–Crippen LogP) is 3.11. The molecule has 0 spiro atoms. The summed E-state index contributed by atoms with van der Waals surface area (Å²) in [5, 5.41) is 13.5. The number of hydrogen-bond acceptors (Lipinski definition) is 6. The van der Waals surface area contributed by atoms with Crippen molar-refractivity contribution in [2.75, 3.05) is 11.1 Å². The van der Waals surface area contributed by atoms with Gasteiger partial charge in [-0.3, -0.25) is 18.7 Å². The highest BCUT2D eigenvalue weighted by atomic mass is 32.2. The van der Waals surface area contributed by atoms with Crippen LogP contribution in [0.2, 0.25) is 0 Å². The van der Waals surface area contributed by atoms with E-state index in [0.717, 1.165) is 38.4 Å². The molecule has 172 valence electrons. The number of rotatable bonds is 6. The molecule has 1 aromatic heterocycles. The van der Waals surface area contributed by atoms with Crippen LogP contribution in [0.15, 0.2) is 63.1 Å². The second-order valence-corrected chi connectivity index (χ2v) is 8.51. The number of aromatic hydroxyl groups is 1. The first-order valence-corrected chi connectivity index (χ1v) is 11.4. The van der Waals surface area contributed by atoms with Crippen molar-refractivity contribution in [1.29, 1.82) is 0 Å². The number of anilines is 1. The fraction of sp³-hybridized carbons (Fsp3) is 0.250. The van der Waals surface area contributed by atoms with Gasteiger partial charge in [-0.2, -0.15) is 0 Å². The highest BCUT2D eigenvalue weighted by Gasteiger charge is 2.22. The second-order valence-electron chi connectivity index (χ2n) is 7.54. The maximum absolute atomic E-state index is 12.9. The number of nitrogens with zero attached hydrogens (tertiary/aromatic N) is 3. The maximum Gasteiger partial charge on any atom is 0.333 e. The van der Waals surface area contributed by atoms with Gasteiger partial charge in [0.05, 0.1) is 11.4 Å².